The largest absolute Gasteiger partial charge is 0.331 e. The summed E-state index contributed by atoms with van der Waals surface area (Å²) in [5, 5.41) is 2.54. The summed E-state index contributed by atoms with van der Waals surface area (Å²) >= 11 is 0. The fraction of sp³-hybridized carbons (Fsp3) is 0.267. The van der Waals surface area contributed by atoms with Crippen molar-refractivity contribution >= 4 is 22.1 Å². The Morgan fingerprint density at radius 1 is 0.613 bits per heavy atom. The lowest BCUT2D eigenvalue weighted by atomic mass is 9.82. The topological polar surface area (TPSA) is 3.24 Å². The van der Waals surface area contributed by atoms with E-state index in [2.05, 4.69) is 137 Å². The highest BCUT2D eigenvalue weighted by Gasteiger charge is 2.34. The van der Waals surface area contributed by atoms with Crippen molar-refractivity contribution in [2.24, 2.45) is 0 Å². The molecule has 1 heteroatoms. The molecule has 4 aromatic carbocycles. The van der Waals surface area contributed by atoms with Crippen LogP contribution >= 0.6 is 0 Å². The first-order valence-corrected chi connectivity index (χ1v) is 11.3. The number of anilines is 2. The molecule has 0 aliphatic rings. The predicted molar refractivity (Wildman–Crippen MR) is 135 cm³/mol. The van der Waals surface area contributed by atoms with Crippen LogP contribution in [0.25, 0.3) is 10.8 Å². The number of hydrogen-bond acceptors (Lipinski definition) is 1. The third kappa shape index (κ3) is 3.97. The van der Waals surface area contributed by atoms with Crippen LogP contribution in [0, 0.1) is 0 Å². The molecule has 0 aliphatic carbocycles. The molecule has 0 N–H and O–H groups in total. The van der Waals surface area contributed by atoms with E-state index < -0.39 is 0 Å². The quantitative estimate of drug-likeness (QED) is 0.320. The molecule has 0 amide bonds. The Kier molecular flexibility index (Phi) is 5.62. The van der Waals surface area contributed by atoms with Crippen LogP contribution in [0.15, 0.2) is 97.1 Å². The molecule has 0 saturated carbocycles. The van der Waals surface area contributed by atoms with E-state index in [1.54, 1.807) is 0 Å². The smallest absolute Gasteiger partial charge is 0.0672 e. The van der Waals surface area contributed by atoms with Gasteiger partial charge in [0.2, 0.25) is 0 Å². The molecule has 1 unspecified atom stereocenters. The average molecular weight is 408 g/mol. The Bertz CT molecular complexity index is 1150. The zero-order chi connectivity index (χ0) is 22.1. The Hall–Kier alpha value is -3.06. The zero-order valence-corrected chi connectivity index (χ0v) is 19.4. The van der Waals surface area contributed by atoms with Crippen molar-refractivity contribution in [2.75, 3.05) is 4.90 Å². The lowest BCUT2D eigenvalue weighted by molar-refractivity contribution is 0.464. The van der Waals surface area contributed by atoms with Crippen LogP contribution in [-0.2, 0) is 11.0 Å². The zero-order valence-electron chi connectivity index (χ0n) is 19.4. The molecule has 0 spiro atoms. The van der Waals surface area contributed by atoms with Crippen LogP contribution in [-0.4, -0.2) is 0 Å². The fourth-order valence-corrected chi connectivity index (χ4v) is 4.49. The van der Waals surface area contributed by atoms with Crippen molar-refractivity contribution in [3.05, 3.63) is 108 Å². The lowest BCUT2D eigenvalue weighted by Crippen LogP contribution is -2.40. The summed E-state index contributed by atoms with van der Waals surface area (Å²) in [7, 11) is 0. The molecule has 1 nitrogen and oxygen atoms in total. The average Bonchev–Trinajstić information content (AvgIpc) is 2.79. The standard InChI is InChI=1S/C30H33N/c1-6-30(5,25-21-19-24(20-22-25)29(2,3)4)31(26-15-8-7-9-16-26)28-18-12-14-23-13-10-11-17-27(23)28/h7-22H,6H2,1-5H3. The summed E-state index contributed by atoms with van der Waals surface area (Å²) in [4.78, 5) is 2.53. The maximum Gasteiger partial charge on any atom is 0.0672 e. The van der Waals surface area contributed by atoms with Crippen molar-refractivity contribution in [1.82, 2.24) is 0 Å². The number of nitrogens with zero attached hydrogens (tertiary/aromatic N) is 1. The van der Waals surface area contributed by atoms with Crippen LogP contribution in [0.3, 0.4) is 0 Å². The number of para-hydroxylation sites is 1. The van der Waals surface area contributed by atoms with Crippen LogP contribution < -0.4 is 4.90 Å². The van der Waals surface area contributed by atoms with E-state index in [0.717, 1.165) is 6.42 Å². The summed E-state index contributed by atoms with van der Waals surface area (Å²) in [6.07, 6.45) is 0.986. The van der Waals surface area contributed by atoms with Gasteiger partial charge in [-0.25, -0.2) is 0 Å². The molecular weight excluding hydrogens is 374 g/mol. The fourth-order valence-electron chi connectivity index (χ4n) is 4.49. The van der Waals surface area contributed by atoms with Crippen molar-refractivity contribution in [3.63, 3.8) is 0 Å². The predicted octanol–water partition coefficient (Wildman–Crippen LogP) is 8.60. The van der Waals surface area contributed by atoms with Gasteiger partial charge in [-0.1, -0.05) is 107 Å². The minimum absolute atomic E-state index is 0.149. The molecule has 0 saturated heterocycles. The minimum Gasteiger partial charge on any atom is -0.331 e. The maximum atomic E-state index is 2.53. The second kappa shape index (κ2) is 8.23. The molecule has 4 aromatic rings. The van der Waals surface area contributed by atoms with Crippen molar-refractivity contribution in [1.29, 1.82) is 0 Å². The first kappa shape index (κ1) is 21.2. The second-order valence-corrected chi connectivity index (χ2v) is 9.62. The number of fused-ring (bicyclic) bond motifs is 1. The molecule has 0 bridgehead atoms. The van der Waals surface area contributed by atoms with Gasteiger partial charge >= 0.3 is 0 Å². The van der Waals surface area contributed by atoms with E-state index in [-0.39, 0.29) is 11.0 Å². The van der Waals surface area contributed by atoms with Crippen molar-refractivity contribution in [2.45, 2.75) is 52.0 Å². The van der Waals surface area contributed by atoms with E-state index in [4.69, 9.17) is 0 Å². The Morgan fingerprint density at radius 2 is 1.19 bits per heavy atom. The molecule has 158 valence electrons. The van der Waals surface area contributed by atoms with Gasteiger partial charge in [0, 0.05) is 16.8 Å². The number of hydrogen-bond donors (Lipinski definition) is 0. The molecule has 0 radical (unpaired) electrons. The van der Waals surface area contributed by atoms with Crippen LogP contribution in [0.4, 0.5) is 11.4 Å². The Labute approximate surface area is 187 Å². The van der Waals surface area contributed by atoms with E-state index in [0.29, 0.717) is 0 Å². The highest BCUT2D eigenvalue weighted by molar-refractivity contribution is 5.96. The monoisotopic (exact) mass is 407 g/mol. The lowest BCUT2D eigenvalue weighted by Gasteiger charge is -2.44. The van der Waals surface area contributed by atoms with Gasteiger partial charge in [-0.15, -0.1) is 0 Å². The van der Waals surface area contributed by atoms with Gasteiger partial charge < -0.3 is 4.90 Å². The van der Waals surface area contributed by atoms with Gasteiger partial charge in [0.25, 0.3) is 0 Å². The minimum atomic E-state index is -0.193. The Morgan fingerprint density at radius 3 is 1.84 bits per heavy atom. The first-order chi connectivity index (χ1) is 14.8. The van der Waals surface area contributed by atoms with E-state index in [9.17, 15) is 0 Å². The van der Waals surface area contributed by atoms with Gasteiger partial charge in [-0.3, -0.25) is 0 Å². The third-order valence-corrected chi connectivity index (χ3v) is 6.58. The highest BCUT2D eigenvalue weighted by Crippen LogP contribution is 2.44. The Balaban J connectivity index is 1.94. The van der Waals surface area contributed by atoms with Gasteiger partial charge in [0.15, 0.2) is 0 Å². The molecule has 31 heavy (non-hydrogen) atoms. The summed E-state index contributed by atoms with van der Waals surface area (Å²) in [5.41, 5.74) is 5.11. The van der Waals surface area contributed by atoms with Gasteiger partial charge in [0.1, 0.15) is 0 Å². The van der Waals surface area contributed by atoms with Crippen LogP contribution in [0.2, 0.25) is 0 Å². The van der Waals surface area contributed by atoms with E-state index >= 15 is 0 Å². The normalized spacial score (nSPS) is 13.7. The van der Waals surface area contributed by atoms with Crippen LogP contribution in [0.5, 0.6) is 0 Å². The molecule has 0 heterocycles. The van der Waals surface area contributed by atoms with E-state index in [1.165, 1.54) is 33.3 Å². The van der Waals surface area contributed by atoms with Crippen LogP contribution in [0.1, 0.15) is 52.2 Å². The number of benzene rings is 4. The number of rotatable bonds is 5. The SMILES string of the molecule is CCC(C)(c1ccc(C(C)(C)C)cc1)N(c1ccccc1)c1cccc2ccccc12. The van der Waals surface area contributed by atoms with Crippen molar-refractivity contribution in [3.8, 4) is 0 Å². The highest BCUT2D eigenvalue weighted by atomic mass is 15.2. The van der Waals surface area contributed by atoms with Gasteiger partial charge in [-0.2, -0.15) is 0 Å². The first-order valence-electron chi connectivity index (χ1n) is 11.3. The molecule has 4 rings (SSSR count). The summed E-state index contributed by atoms with van der Waals surface area (Å²) in [6, 6.07) is 35.4. The second-order valence-electron chi connectivity index (χ2n) is 9.62. The molecular formula is C30H33N. The molecule has 0 aliphatic heterocycles. The van der Waals surface area contributed by atoms with E-state index in [1.807, 2.05) is 0 Å². The third-order valence-electron chi connectivity index (χ3n) is 6.58. The van der Waals surface area contributed by atoms with Gasteiger partial charge in [0.05, 0.1) is 5.54 Å². The molecule has 0 aromatic heterocycles. The maximum absolute atomic E-state index is 2.53. The van der Waals surface area contributed by atoms with Crippen molar-refractivity contribution < 1.29 is 0 Å². The van der Waals surface area contributed by atoms with Gasteiger partial charge in [-0.05, 0) is 53.5 Å². The summed E-state index contributed by atoms with van der Waals surface area (Å²) in [6.45, 7) is 11.5. The molecule has 1 atom stereocenters. The molecule has 0 fully saturated rings. The summed E-state index contributed by atoms with van der Waals surface area (Å²) < 4.78 is 0. The summed E-state index contributed by atoms with van der Waals surface area (Å²) in [5.74, 6) is 0.